The Balaban J connectivity index is 1.46. The van der Waals surface area contributed by atoms with Gasteiger partial charge in [-0.25, -0.2) is 4.98 Å². The van der Waals surface area contributed by atoms with Crippen LogP contribution in [0.25, 0.3) is 11.0 Å². The van der Waals surface area contributed by atoms with Crippen LogP contribution >= 0.6 is 11.6 Å². The molecule has 0 spiro atoms. The predicted molar refractivity (Wildman–Crippen MR) is 109 cm³/mol. The van der Waals surface area contributed by atoms with Gasteiger partial charge in [0.15, 0.2) is 5.65 Å². The molecule has 148 valence electrons. The summed E-state index contributed by atoms with van der Waals surface area (Å²) < 4.78 is 6.92. The van der Waals surface area contributed by atoms with Crippen LogP contribution in [-0.2, 0) is 16.8 Å². The number of carbonyl (C=O) groups is 1. The Morgan fingerprint density at radius 3 is 2.83 bits per heavy atom. The Morgan fingerprint density at radius 2 is 2.14 bits per heavy atom. The first kappa shape index (κ1) is 19.2. The quantitative estimate of drug-likeness (QED) is 0.660. The maximum absolute atomic E-state index is 12.7. The number of hydrogen-bond acceptors (Lipinski definition) is 5. The molecular formula is C21H20ClN5O2. The summed E-state index contributed by atoms with van der Waals surface area (Å²) in [4.78, 5) is 18.7. The molecule has 3 heterocycles. The molecule has 1 saturated heterocycles. The minimum atomic E-state index is -0.654. The molecule has 0 saturated carbocycles. The van der Waals surface area contributed by atoms with Gasteiger partial charge in [-0.15, -0.1) is 0 Å². The fourth-order valence-corrected chi connectivity index (χ4v) is 3.98. The van der Waals surface area contributed by atoms with Gasteiger partial charge in [-0.2, -0.15) is 10.4 Å². The number of benzene rings is 1. The first-order valence-electron chi connectivity index (χ1n) is 9.36. The molecule has 0 N–H and O–H groups in total. The number of piperidine rings is 1. The maximum atomic E-state index is 12.7. The standard InChI is InChI=1S/C21H20ClN5O2/c1-29-18-11-16(4-5-17(18)22)21(14-23)6-9-26(10-7-21)19(28)13-27-12-15-3-2-8-24-20(15)25-27/h2-5,8,11-12H,6-7,9-10,13H2,1H3. The molecule has 3 aromatic rings. The van der Waals surface area contributed by atoms with Crippen molar-refractivity contribution < 1.29 is 9.53 Å². The van der Waals surface area contributed by atoms with Gasteiger partial charge in [0.25, 0.3) is 0 Å². The highest BCUT2D eigenvalue weighted by Crippen LogP contribution is 2.38. The van der Waals surface area contributed by atoms with Gasteiger partial charge in [0.1, 0.15) is 12.3 Å². The van der Waals surface area contributed by atoms with Crippen molar-refractivity contribution in [2.45, 2.75) is 24.8 Å². The Bertz CT molecular complexity index is 1060. The lowest BCUT2D eigenvalue weighted by molar-refractivity contribution is -0.133. The SMILES string of the molecule is COc1cc(C2(C#N)CCN(C(=O)Cn3cc4cccnc4n3)CC2)ccc1Cl. The van der Waals surface area contributed by atoms with E-state index in [1.165, 1.54) is 0 Å². The van der Waals surface area contributed by atoms with Crippen molar-refractivity contribution in [2.24, 2.45) is 0 Å². The average molecular weight is 410 g/mol. The summed E-state index contributed by atoms with van der Waals surface area (Å²) in [5, 5.41) is 15.7. The van der Waals surface area contributed by atoms with Crippen molar-refractivity contribution in [3.05, 3.63) is 53.3 Å². The highest BCUT2D eigenvalue weighted by molar-refractivity contribution is 6.32. The second kappa shape index (κ2) is 7.72. The molecule has 0 radical (unpaired) electrons. The molecular weight excluding hydrogens is 390 g/mol. The van der Waals surface area contributed by atoms with Gasteiger partial charge in [0.2, 0.25) is 5.91 Å². The highest BCUT2D eigenvalue weighted by Gasteiger charge is 2.38. The van der Waals surface area contributed by atoms with E-state index in [9.17, 15) is 10.1 Å². The number of hydrogen-bond donors (Lipinski definition) is 0. The summed E-state index contributed by atoms with van der Waals surface area (Å²) in [6.07, 6.45) is 4.62. The minimum Gasteiger partial charge on any atom is -0.495 e. The van der Waals surface area contributed by atoms with Crippen molar-refractivity contribution in [3.8, 4) is 11.8 Å². The van der Waals surface area contributed by atoms with Crippen molar-refractivity contribution in [3.63, 3.8) is 0 Å². The molecule has 2 aromatic heterocycles. The predicted octanol–water partition coefficient (Wildman–Crippen LogP) is 3.18. The van der Waals surface area contributed by atoms with Gasteiger partial charge in [-0.1, -0.05) is 17.7 Å². The lowest BCUT2D eigenvalue weighted by atomic mass is 9.74. The topological polar surface area (TPSA) is 84.0 Å². The monoisotopic (exact) mass is 409 g/mol. The van der Waals surface area contributed by atoms with Crippen molar-refractivity contribution in [2.75, 3.05) is 20.2 Å². The summed E-state index contributed by atoms with van der Waals surface area (Å²) in [7, 11) is 1.56. The average Bonchev–Trinajstić information content (AvgIpc) is 3.16. The normalized spacial score (nSPS) is 15.8. The highest BCUT2D eigenvalue weighted by atomic mass is 35.5. The number of pyridine rings is 1. The Hall–Kier alpha value is -3.11. The molecule has 0 bridgehead atoms. The fraction of sp³-hybridized carbons (Fsp3) is 0.333. The van der Waals surface area contributed by atoms with Crippen LogP contribution in [-0.4, -0.2) is 45.8 Å². The van der Waals surface area contributed by atoms with Crippen LogP contribution in [0.15, 0.2) is 42.7 Å². The summed E-state index contributed by atoms with van der Waals surface area (Å²) >= 11 is 6.12. The van der Waals surface area contributed by atoms with Gasteiger partial charge < -0.3 is 9.64 Å². The zero-order valence-electron chi connectivity index (χ0n) is 16.0. The Morgan fingerprint density at radius 1 is 1.34 bits per heavy atom. The van der Waals surface area contributed by atoms with E-state index < -0.39 is 5.41 Å². The number of aromatic nitrogens is 3. The molecule has 7 nitrogen and oxygen atoms in total. The van der Waals surface area contributed by atoms with E-state index in [2.05, 4.69) is 16.2 Å². The second-order valence-corrected chi connectivity index (χ2v) is 7.57. The number of amides is 1. The number of methoxy groups -OCH3 is 1. The van der Waals surface area contributed by atoms with E-state index in [0.717, 1.165) is 10.9 Å². The molecule has 0 aliphatic carbocycles. The zero-order valence-corrected chi connectivity index (χ0v) is 16.8. The molecule has 1 aromatic carbocycles. The third-order valence-electron chi connectivity index (χ3n) is 5.51. The molecule has 29 heavy (non-hydrogen) atoms. The number of rotatable bonds is 4. The number of nitriles is 1. The van der Waals surface area contributed by atoms with E-state index in [1.54, 1.807) is 29.0 Å². The molecule has 8 heteroatoms. The van der Waals surface area contributed by atoms with Gasteiger partial charge in [-0.3, -0.25) is 9.48 Å². The molecule has 0 unspecified atom stereocenters. The number of nitrogens with zero attached hydrogens (tertiary/aromatic N) is 5. The Kier molecular flexibility index (Phi) is 5.12. The summed E-state index contributed by atoms with van der Waals surface area (Å²) in [5.74, 6) is 0.537. The molecule has 1 fully saturated rings. The fourth-order valence-electron chi connectivity index (χ4n) is 3.78. The first-order chi connectivity index (χ1) is 14.0. The number of carbonyl (C=O) groups excluding carboxylic acids is 1. The number of likely N-dealkylation sites (tertiary alicyclic amines) is 1. The Labute approximate surface area is 173 Å². The number of ether oxygens (including phenoxy) is 1. The molecule has 1 amide bonds. The van der Waals surface area contributed by atoms with Crippen LogP contribution in [0.4, 0.5) is 0 Å². The molecule has 1 aliphatic heterocycles. The zero-order chi connectivity index (χ0) is 20.4. The van der Waals surface area contributed by atoms with E-state index in [0.29, 0.717) is 42.4 Å². The summed E-state index contributed by atoms with van der Waals surface area (Å²) in [6.45, 7) is 1.18. The van der Waals surface area contributed by atoms with Crippen molar-refractivity contribution in [1.29, 1.82) is 5.26 Å². The maximum Gasteiger partial charge on any atom is 0.244 e. The van der Waals surface area contributed by atoms with Gasteiger partial charge in [-0.05, 0) is 42.7 Å². The first-order valence-corrected chi connectivity index (χ1v) is 9.74. The summed E-state index contributed by atoms with van der Waals surface area (Å²) in [6, 6.07) is 11.7. The van der Waals surface area contributed by atoms with Gasteiger partial charge >= 0.3 is 0 Å². The number of fused-ring (bicyclic) bond motifs is 1. The van der Waals surface area contributed by atoms with E-state index in [1.807, 2.05) is 30.5 Å². The van der Waals surface area contributed by atoms with Crippen LogP contribution in [0.3, 0.4) is 0 Å². The largest absolute Gasteiger partial charge is 0.495 e. The van der Waals surface area contributed by atoms with Crippen LogP contribution in [0.5, 0.6) is 5.75 Å². The third kappa shape index (κ3) is 3.64. The minimum absolute atomic E-state index is 0.0157. The lowest BCUT2D eigenvalue weighted by Crippen LogP contribution is -2.45. The second-order valence-electron chi connectivity index (χ2n) is 7.17. The molecule has 4 rings (SSSR count). The number of halogens is 1. The van der Waals surface area contributed by atoms with E-state index >= 15 is 0 Å². The van der Waals surface area contributed by atoms with E-state index in [4.69, 9.17) is 16.3 Å². The van der Waals surface area contributed by atoms with Crippen LogP contribution < -0.4 is 4.74 Å². The third-order valence-corrected chi connectivity index (χ3v) is 5.83. The molecule has 0 atom stereocenters. The van der Waals surface area contributed by atoms with Crippen molar-refractivity contribution >= 4 is 28.5 Å². The van der Waals surface area contributed by atoms with Crippen LogP contribution in [0.1, 0.15) is 18.4 Å². The van der Waals surface area contributed by atoms with Gasteiger partial charge in [0.05, 0.1) is 23.6 Å². The lowest BCUT2D eigenvalue weighted by Gasteiger charge is -2.37. The van der Waals surface area contributed by atoms with Crippen LogP contribution in [0, 0.1) is 11.3 Å². The van der Waals surface area contributed by atoms with Gasteiger partial charge in [0, 0.05) is 30.9 Å². The van der Waals surface area contributed by atoms with Crippen LogP contribution in [0.2, 0.25) is 5.02 Å². The summed E-state index contributed by atoms with van der Waals surface area (Å²) in [5.41, 5.74) is 0.843. The smallest absolute Gasteiger partial charge is 0.244 e. The van der Waals surface area contributed by atoms with Crippen molar-refractivity contribution in [1.82, 2.24) is 19.7 Å². The molecule has 1 aliphatic rings. The van der Waals surface area contributed by atoms with E-state index in [-0.39, 0.29) is 12.5 Å².